The molecule has 0 radical (unpaired) electrons. The maximum absolute atomic E-state index is 13.1. The quantitative estimate of drug-likeness (QED) is 0.0222. The van der Waals surface area contributed by atoms with Crippen LogP contribution in [0, 0.1) is 5.92 Å². The van der Waals surface area contributed by atoms with Crippen LogP contribution in [0.1, 0.15) is 439 Å². The van der Waals surface area contributed by atoms with Gasteiger partial charge in [0.2, 0.25) is 0 Å². The highest BCUT2D eigenvalue weighted by molar-refractivity contribution is 7.47. The molecule has 0 spiro atoms. The first-order valence-corrected chi connectivity index (χ1v) is 45.7. The second kappa shape index (κ2) is 74.9. The Morgan fingerprint density at radius 2 is 0.475 bits per heavy atom. The fraction of sp³-hybridized carbons (Fsp3) is 0.951. The van der Waals surface area contributed by atoms with Gasteiger partial charge in [0.05, 0.1) is 26.4 Å². The summed E-state index contributed by atoms with van der Waals surface area (Å²) in [4.78, 5) is 73.0. The van der Waals surface area contributed by atoms with Crippen LogP contribution in [-0.4, -0.2) is 96.7 Å². The summed E-state index contributed by atoms with van der Waals surface area (Å²) in [6.45, 7) is 7.38. The molecule has 0 amide bonds. The summed E-state index contributed by atoms with van der Waals surface area (Å²) in [5.74, 6) is -1.26. The third-order valence-electron chi connectivity index (χ3n) is 19.6. The number of phosphoric ester groups is 2. The monoisotopic (exact) mass is 1480 g/mol. The summed E-state index contributed by atoms with van der Waals surface area (Å²) in [5.41, 5.74) is 0. The van der Waals surface area contributed by atoms with Crippen LogP contribution in [0.25, 0.3) is 0 Å². The van der Waals surface area contributed by atoms with Gasteiger partial charge in [0.15, 0.2) is 12.2 Å². The molecule has 0 saturated carbocycles. The van der Waals surface area contributed by atoms with Crippen LogP contribution in [0.3, 0.4) is 0 Å². The lowest BCUT2D eigenvalue weighted by Gasteiger charge is -2.21. The largest absolute Gasteiger partial charge is 0.472 e. The number of unbranched alkanes of at least 4 members (excludes halogenated alkanes) is 53. The van der Waals surface area contributed by atoms with E-state index in [1.165, 1.54) is 263 Å². The van der Waals surface area contributed by atoms with E-state index in [0.29, 0.717) is 25.7 Å². The average Bonchev–Trinajstić information content (AvgIpc) is 0.940. The van der Waals surface area contributed by atoms with Crippen molar-refractivity contribution in [3.8, 4) is 0 Å². The molecule has 600 valence electrons. The van der Waals surface area contributed by atoms with Crippen molar-refractivity contribution in [2.75, 3.05) is 39.6 Å². The molecule has 6 atom stereocenters. The van der Waals surface area contributed by atoms with Crippen LogP contribution in [0.2, 0.25) is 0 Å². The predicted octanol–water partition coefficient (Wildman–Crippen LogP) is 24.8. The minimum absolute atomic E-state index is 0.108. The van der Waals surface area contributed by atoms with Gasteiger partial charge in [0.1, 0.15) is 19.3 Å². The van der Waals surface area contributed by atoms with E-state index in [4.69, 9.17) is 37.0 Å². The lowest BCUT2D eigenvalue weighted by atomic mass is 9.99. The summed E-state index contributed by atoms with van der Waals surface area (Å²) in [6, 6.07) is 0. The van der Waals surface area contributed by atoms with E-state index < -0.39 is 97.5 Å². The van der Waals surface area contributed by atoms with Crippen LogP contribution in [0.5, 0.6) is 0 Å². The normalized spacial score (nSPS) is 14.1. The van der Waals surface area contributed by atoms with Crippen molar-refractivity contribution in [3.63, 3.8) is 0 Å². The highest BCUT2D eigenvalue weighted by Crippen LogP contribution is 2.45. The Hall–Kier alpha value is -1.94. The fourth-order valence-electron chi connectivity index (χ4n) is 12.7. The van der Waals surface area contributed by atoms with Crippen molar-refractivity contribution in [3.05, 3.63) is 0 Å². The topological polar surface area (TPSA) is 237 Å². The summed E-state index contributed by atoms with van der Waals surface area (Å²) >= 11 is 0. The van der Waals surface area contributed by atoms with E-state index >= 15 is 0 Å². The third-order valence-corrected chi connectivity index (χ3v) is 21.5. The molecule has 0 aliphatic rings. The highest BCUT2D eigenvalue weighted by atomic mass is 31.2. The van der Waals surface area contributed by atoms with Gasteiger partial charge in [-0.2, -0.15) is 0 Å². The van der Waals surface area contributed by atoms with Gasteiger partial charge in [-0.3, -0.25) is 37.3 Å². The first-order valence-electron chi connectivity index (χ1n) is 42.7. The lowest BCUT2D eigenvalue weighted by Crippen LogP contribution is -2.30. The number of carbonyl (C=O) groups excluding carboxylic acids is 4. The Labute approximate surface area is 619 Å². The standard InChI is InChI=1S/C82H160O17P2/c1-6-10-13-16-19-22-25-27-28-29-30-31-32-33-34-39-43-48-53-58-63-68-82(87)99-78(72-93-80(85)66-61-56-51-46-42-38-36-35-37-40-44-49-54-59-64-75(5)9-4)74-97-101(90,91)95-70-76(83)69-94-100(88,89)96-73-77(71-92-79(84)65-60-55-50-45-24-21-18-15-12-8-3)98-81(86)67-62-57-52-47-41-26-23-20-17-14-11-7-2/h75-78,83H,6-74H2,1-5H3,(H,88,89)(H,90,91)/t75?,76-,77+,78+/m0/s1. The lowest BCUT2D eigenvalue weighted by molar-refractivity contribution is -0.161. The number of hydrogen-bond acceptors (Lipinski definition) is 15. The number of aliphatic hydroxyl groups excluding tert-OH is 1. The van der Waals surface area contributed by atoms with E-state index in [-0.39, 0.29) is 25.7 Å². The maximum Gasteiger partial charge on any atom is 0.472 e. The van der Waals surface area contributed by atoms with Gasteiger partial charge in [0.25, 0.3) is 0 Å². The van der Waals surface area contributed by atoms with Crippen LogP contribution in [-0.2, 0) is 65.4 Å². The van der Waals surface area contributed by atoms with Crippen molar-refractivity contribution in [1.29, 1.82) is 0 Å². The number of esters is 4. The molecule has 0 rings (SSSR count). The molecule has 0 aromatic heterocycles. The summed E-state index contributed by atoms with van der Waals surface area (Å²) in [6.07, 6.45) is 66.5. The average molecular weight is 1480 g/mol. The van der Waals surface area contributed by atoms with Crippen molar-refractivity contribution in [1.82, 2.24) is 0 Å². The molecular weight excluding hydrogens is 1320 g/mol. The molecule has 0 fully saturated rings. The Bertz CT molecular complexity index is 1930. The SMILES string of the molecule is CCCCCCCCCCCCCCCCCCCCCCCC(=O)O[C@H](COC(=O)CCCCCCCCCCCCCCCCC(C)CC)COP(=O)(O)OC[C@@H](O)COP(=O)(O)OC[C@@H](COC(=O)CCCCCCCCCCCC)OC(=O)CCCCCCCCCCCCCC. The summed E-state index contributed by atoms with van der Waals surface area (Å²) in [7, 11) is -9.92. The Kier molecular flexibility index (Phi) is 73.5. The van der Waals surface area contributed by atoms with E-state index in [0.717, 1.165) is 95.8 Å². The number of phosphoric acid groups is 2. The van der Waals surface area contributed by atoms with E-state index in [9.17, 15) is 43.2 Å². The van der Waals surface area contributed by atoms with Crippen LogP contribution < -0.4 is 0 Å². The number of aliphatic hydroxyl groups is 1. The summed E-state index contributed by atoms with van der Waals surface area (Å²) < 4.78 is 68.7. The van der Waals surface area contributed by atoms with Gasteiger partial charge in [-0.15, -0.1) is 0 Å². The van der Waals surface area contributed by atoms with E-state index in [1.807, 2.05) is 0 Å². The zero-order chi connectivity index (χ0) is 74.1. The molecule has 17 nitrogen and oxygen atoms in total. The molecule has 3 N–H and O–H groups in total. The van der Waals surface area contributed by atoms with Gasteiger partial charge < -0.3 is 33.8 Å². The first-order chi connectivity index (χ1) is 49.1. The number of rotatable bonds is 82. The zero-order valence-electron chi connectivity index (χ0n) is 66.1. The second-order valence-corrected chi connectivity index (χ2v) is 32.7. The third kappa shape index (κ3) is 74.7. The molecular formula is C82H160O17P2. The molecule has 0 bridgehead atoms. The van der Waals surface area contributed by atoms with Crippen LogP contribution in [0.15, 0.2) is 0 Å². The van der Waals surface area contributed by atoms with Crippen molar-refractivity contribution in [2.45, 2.75) is 457 Å². The first kappa shape index (κ1) is 99.1. The number of carbonyl (C=O) groups is 4. The second-order valence-electron chi connectivity index (χ2n) is 29.8. The highest BCUT2D eigenvalue weighted by Gasteiger charge is 2.30. The molecule has 19 heteroatoms. The molecule has 0 heterocycles. The van der Waals surface area contributed by atoms with Crippen LogP contribution >= 0.6 is 15.6 Å². The minimum atomic E-state index is -4.96. The van der Waals surface area contributed by atoms with Gasteiger partial charge in [-0.25, -0.2) is 9.13 Å². The molecule has 0 aromatic rings. The molecule has 0 saturated heterocycles. The predicted molar refractivity (Wildman–Crippen MR) is 414 cm³/mol. The molecule has 3 unspecified atom stereocenters. The smallest absolute Gasteiger partial charge is 0.462 e. The number of hydrogen-bond donors (Lipinski definition) is 3. The van der Waals surface area contributed by atoms with Crippen molar-refractivity contribution < 1.29 is 80.2 Å². The van der Waals surface area contributed by atoms with Gasteiger partial charge >= 0.3 is 39.5 Å². The van der Waals surface area contributed by atoms with Crippen molar-refractivity contribution >= 4 is 39.5 Å². The summed E-state index contributed by atoms with van der Waals surface area (Å²) in [5, 5.41) is 10.6. The molecule has 0 aliphatic heterocycles. The van der Waals surface area contributed by atoms with E-state index in [2.05, 4.69) is 34.6 Å². The maximum atomic E-state index is 13.1. The Morgan fingerprint density at radius 3 is 0.703 bits per heavy atom. The van der Waals surface area contributed by atoms with E-state index in [1.54, 1.807) is 0 Å². The Morgan fingerprint density at radius 1 is 0.277 bits per heavy atom. The van der Waals surface area contributed by atoms with Gasteiger partial charge in [-0.1, -0.05) is 388 Å². The van der Waals surface area contributed by atoms with Crippen LogP contribution in [0.4, 0.5) is 0 Å². The fourth-order valence-corrected chi connectivity index (χ4v) is 14.3. The van der Waals surface area contributed by atoms with Gasteiger partial charge in [0, 0.05) is 25.7 Å². The zero-order valence-corrected chi connectivity index (χ0v) is 67.8. The molecule has 0 aliphatic carbocycles. The van der Waals surface area contributed by atoms with Gasteiger partial charge in [-0.05, 0) is 31.6 Å². The minimum Gasteiger partial charge on any atom is -0.462 e. The molecule has 101 heavy (non-hydrogen) atoms. The number of ether oxygens (including phenoxy) is 4. The van der Waals surface area contributed by atoms with Crippen molar-refractivity contribution in [2.24, 2.45) is 5.92 Å². The Balaban J connectivity index is 5.21. The molecule has 0 aromatic carbocycles.